The van der Waals surface area contributed by atoms with Gasteiger partial charge in [0.2, 0.25) is 5.91 Å². The fourth-order valence-electron chi connectivity index (χ4n) is 4.88. The molecule has 2 heterocycles. The van der Waals surface area contributed by atoms with Crippen LogP contribution in [0.25, 0.3) is 11.1 Å². The number of methoxy groups -OCH3 is 1. The number of carbonyl (C=O) groups is 2. The SMILES string of the molecule is COC(=O)CCC(=O)N1CCc2cc(-c3ccc(CCN4CCCC4C)cc3)ccc2C1. The van der Waals surface area contributed by atoms with Crippen molar-refractivity contribution in [2.75, 3.05) is 26.7 Å². The van der Waals surface area contributed by atoms with Gasteiger partial charge >= 0.3 is 5.97 Å². The Labute approximate surface area is 191 Å². The highest BCUT2D eigenvalue weighted by molar-refractivity contribution is 5.81. The number of carbonyl (C=O) groups excluding carboxylic acids is 2. The maximum Gasteiger partial charge on any atom is 0.306 e. The first-order valence-corrected chi connectivity index (χ1v) is 11.8. The molecule has 2 aromatic rings. The molecular weight excluding hydrogens is 400 g/mol. The number of ether oxygens (including phenoxy) is 1. The molecule has 0 bridgehead atoms. The maximum atomic E-state index is 12.4. The van der Waals surface area contributed by atoms with Crippen molar-refractivity contribution >= 4 is 11.9 Å². The molecule has 0 saturated carbocycles. The van der Waals surface area contributed by atoms with Gasteiger partial charge in [-0.3, -0.25) is 9.59 Å². The molecule has 1 saturated heterocycles. The summed E-state index contributed by atoms with van der Waals surface area (Å²) < 4.78 is 4.64. The molecule has 5 heteroatoms. The Kier molecular flexibility index (Phi) is 7.26. The van der Waals surface area contributed by atoms with Gasteiger partial charge in [0.15, 0.2) is 0 Å². The van der Waals surface area contributed by atoms with Crippen molar-refractivity contribution in [2.45, 2.75) is 58.0 Å². The second kappa shape index (κ2) is 10.3. The van der Waals surface area contributed by atoms with Gasteiger partial charge in [0, 0.05) is 32.1 Å². The third-order valence-corrected chi connectivity index (χ3v) is 7.01. The standard InChI is InChI=1S/C27H34N2O3/c1-20-4-3-15-28(20)16-13-21-5-7-22(8-6-21)23-9-10-25-19-29(17-14-24(25)18-23)26(30)11-12-27(31)32-2/h5-10,18,20H,3-4,11-17,19H2,1-2H3. The summed E-state index contributed by atoms with van der Waals surface area (Å²) in [6.07, 6.45) is 4.97. The van der Waals surface area contributed by atoms with Crippen molar-refractivity contribution in [3.05, 3.63) is 59.2 Å². The van der Waals surface area contributed by atoms with Crippen LogP contribution >= 0.6 is 0 Å². The number of rotatable bonds is 7. The highest BCUT2D eigenvalue weighted by Gasteiger charge is 2.22. The molecule has 0 radical (unpaired) electrons. The molecule has 0 N–H and O–H groups in total. The zero-order valence-electron chi connectivity index (χ0n) is 19.3. The molecule has 0 aromatic heterocycles. The van der Waals surface area contributed by atoms with E-state index in [1.165, 1.54) is 54.3 Å². The largest absolute Gasteiger partial charge is 0.469 e. The van der Waals surface area contributed by atoms with Crippen molar-refractivity contribution in [3.63, 3.8) is 0 Å². The summed E-state index contributed by atoms with van der Waals surface area (Å²) in [6, 6.07) is 16.3. The van der Waals surface area contributed by atoms with Gasteiger partial charge < -0.3 is 14.5 Å². The van der Waals surface area contributed by atoms with Crippen LogP contribution in [-0.2, 0) is 33.7 Å². The minimum absolute atomic E-state index is 0.0176. The number of hydrogen-bond acceptors (Lipinski definition) is 4. The molecule has 5 nitrogen and oxygen atoms in total. The Balaban J connectivity index is 1.35. The van der Waals surface area contributed by atoms with Crippen molar-refractivity contribution < 1.29 is 14.3 Å². The number of fused-ring (bicyclic) bond motifs is 1. The predicted molar refractivity (Wildman–Crippen MR) is 126 cm³/mol. The summed E-state index contributed by atoms with van der Waals surface area (Å²) in [5, 5.41) is 0. The number of amides is 1. The Bertz CT molecular complexity index is 954. The Hall–Kier alpha value is -2.66. The fraction of sp³-hybridized carbons (Fsp3) is 0.481. The van der Waals surface area contributed by atoms with Gasteiger partial charge in [-0.25, -0.2) is 0 Å². The number of hydrogen-bond donors (Lipinski definition) is 0. The van der Waals surface area contributed by atoms with Crippen LogP contribution in [0.15, 0.2) is 42.5 Å². The van der Waals surface area contributed by atoms with E-state index in [1.54, 1.807) is 0 Å². The van der Waals surface area contributed by atoms with Gasteiger partial charge in [0.25, 0.3) is 0 Å². The number of esters is 1. The average molecular weight is 435 g/mol. The van der Waals surface area contributed by atoms with Crippen molar-refractivity contribution in [1.82, 2.24) is 9.80 Å². The molecule has 2 aliphatic heterocycles. The van der Waals surface area contributed by atoms with E-state index in [-0.39, 0.29) is 24.7 Å². The molecule has 170 valence electrons. The van der Waals surface area contributed by atoms with Crippen LogP contribution in [0.5, 0.6) is 0 Å². The Morgan fingerprint density at radius 2 is 1.78 bits per heavy atom. The second-order valence-corrected chi connectivity index (χ2v) is 9.10. The summed E-state index contributed by atoms with van der Waals surface area (Å²) in [4.78, 5) is 28.2. The molecule has 1 atom stereocenters. The highest BCUT2D eigenvalue weighted by atomic mass is 16.5. The van der Waals surface area contributed by atoms with Crippen LogP contribution in [0.3, 0.4) is 0 Å². The minimum atomic E-state index is -0.336. The monoisotopic (exact) mass is 434 g/mol. The lowest BCUT2D eigenvalue weighted by atomic mass is 9.94. The van der Waals surface area contributed by atoms with E-state index in [4.69, 9.17) is 0 Å². The van der Waals surface area contributed by atoms with Crippen LogP contribution in [0.2, 0.25) is 0 Å². The molecular formula is C27H34N2O3. The predicted octanol–water partition coefficient (Wildman–Crippen LogP) is 4.22. The van der Waals surface area contributed by atoms with E-state index in [2.05, 4.69) is 59.0 Å². The lowest BCUT2D eigenvalue weighted by Crippen LogP contribution is -2.36. The van der Waals surface area contributed by atoms with Gasteiger partial charge in [-0.05, 0) is 67.0 Å². The number of nitrogens with zero attached hydrogens (tertiary/aromatic N) is 2. The third-order valence-electron chi connectivity index (χ3n) is 7.01. The van der Waals surface area contributed by atoms with E-state index in [9.17, 15) is 9.59 Å². The van der Waals surface area contributed by atoms with Gasteiger partial charge in [0.1, 0.15) is 0 Å². The minimum Gasteiger partial charge on any atom is -0.469 e. The molecule has 1 amide bonds. The molecule has 0 aliphatic carbocycles. The van der Waals surface area contributed by atoms with Crippen LogP contribution < -0.4 is 0 Å². The third kappa shape index (κ3) is 5.39. The molecule has 32 heavy (non-hydrogen) atoms. The summed E-state index contributed by atoms with van der Waals surface area (Å²) in [6.45, 7) is 6.04. The summed E-state index contributed by atoms with van der Waals surface area (Å²) in [7, 11) is 1.35. The molecule has 0 spiro atoms. The summed E-state index contributed by atoms with van der Waals surface area (Å²) in [5.74, 6) is -0.318. The number of benzene rings is 2. The Morgan fingerprint density at radius 1 is 1.00 bits per heavy atom. The van der Waals surface area contributed by atoms with Crippen LogP contribution in [0.1, 0.15) is 49.3 Å². The lowest BCUT2D eigenvalue weighted by molar-refractivity contribution is -0.143. The fourth-order valence-corrected chi connectivity index (χ4v) is 4.88. The number of likely N-dealkylation sites (tertiary alicyclic amines) is 1. The lowest BCUT2D eigenvalue weighted by Gasteiger charge is -2.29. The van der Waals surface area contributed by atoms with Crippen LogP contribution in [0, 0.1) is 0 Å². The van der Waals surface area contributed by atoms with E-state index < -0.39 is 0 Å². The average Bonchev–Trinajstić information content (AvgIpc) is 3.25. The second-order valence-electron chi connectivity index (χ2n) is 9.10. The van der Waals surface area contributed by atoms with Crippen molar-refractivity contribution in [2.24, 2.45) is 0 Å². The molecule has 2 aliphatic rings. The van der Waals surface area contributed by atoms with Gasteiger partial charge in [-0.15, -0.1) is 0 Å². The van der Waals surface area contributed by atoms with Gasteiger partial charge in [0.05, 0.1) is 13.5 Å². The van der Waals surface area contributed by atoms with E-state index in [1.807, 2.05) is 4.90 Å². The quantitative estimate of drug-likeness (QED) is 0.613. The first-order chi connectivity index (χ1) is 15.5. The zero-order chi connectivity index (χ0) is 22.5. The zero-order valence-corrected chi connectivity index (χ0v) is 19.3. The van der Waals surface area contributed by atoms with Crippen LogP contribution in [0.4, 0.5) is 0 Å². The van der Waals surface area contributed by atoms with Crippen LogP contribution in [-0.4, -0.2) is 54.5 Å². The van der Waals surface area contributed by atoms with Crippen molar-refractivity contribution in [1.29, 1.82) is 0 Å². The Morgan fingerprint density at radius 3 is 2.50 bits per heavy atom. The molecule has 1 fully saturated rings. The summed E-state index contributed by atoms with van der Waals surface area (Å²) >= 11 is 0. The smallest absolute Gasteiger partial charge is 0.306 e. The maximum absolute atomic E-state index is 12.4. The summed E-state index contributed by atoms with van der Waals surface area (Å²) in [5.41, 5.74) is 6.37. The van der Waals surface area contributed by atoms with E-state index >= 15 is 0 Å². The normalized spacial score (nSPS) is 18.4. The van der Waals surface area contributed by atoms with E-state index in [0.29, 0.717) is 13.1 Å². The van der Waals surface area contributed by atoms with Crippen molar-refractivity contribution in [3.8, 4) is 11.1 Å². The molecule has 1 unspecified atom stereocenters. The van der Waals surface area contributed by atoms with E-state index in [0.717, 1.165) is 25.4 Å². The highest BCUT2D eigenvalue weighted by Crippen LogP contribution is 2.27. The topological polar surface area (TPSA) is 49.9 Å². The van der Waals surface area contributed by atoms with Gasteiger partial charge in [-0.1, -0.05) is 42.5 Å². The molecule has 4 rings (SSSR count). The first-order valence-electron chi connectivity index (χ1n) is 11.8. The molecule has 2 aromatic carbocycles. The first kappa shape index (κ1) is 22.5. The van der Waals surface area contributed by atoms with Gasteiger partial charge in [-0.2, -0.15) is 0 Å².